The zero-order chi connectivity index (χ0) is 17.6. The molecule has 0 bridgehead atoms. The minimum atomic E-state index is -0.603. The molecular formula is C15H23N3O5. The van der Waals surface area contributed by atoms with Crippen LogP contribution in [0.25, 0.3) is 0 Å². The first kappa shape index (κ1) is 18.8. The normalized spacial score (nSPS) is 16.9. The molecule has 8 heteroatoms. The third kappa shape index (κ3) is 5.48. The molecule has 1 aliphatic heterocycles. The number of hydrogen-bond acceptors (Lipinski definition) is 5. The van der Waals surface area contributed by atoms with E-state index >= 15 is 0 Å². The van der Waals surface area contributed by atoms with Gasteiger partial charge in [-0.05, 0) is 27.7 Å². The van der Waals surface area contributed by atoms with Crippen molar-refractivity contribution in [1.82, 2.24) is 15.5 Å². The van der Waals surface area contributed by atoms with Gasteiger partial charge in [0, 0.05) is 31.2 Å². The second-order valence-corrected chi connectivity index (χ2v) is 5.27. The molecule has 4 amide bonds. The standard InChI is InChI=1S/C15H23N3O5/c1-5-23-10(3)14(21)17-11(4)16-12(19)6-7-18-13(20)8-9(2)15(18)22/h8,10-11H,5-7H2,1-4H3,(H,16,19)(H,17,21). The van der Waals surface area contributed by atoms with Crippen molar-refractivity contribution in [2.24, 2.45) is 0 Å². The molecule has 0 aromatic heterocycles. The van der Waals surface area contributed by atoms with Gasteiger partial charge in [0.2, 0.25) is 11.8 Å². The summed E-state index contributed by atoms with van der Waals surface area (Å²) in [4.78, 5) is 47.8. The SMILES string of the molecule is CCOC(C)C(=O)NC(C)NC(=O)CCN1C(=O)C=C(C)C1=O. The minimum absolute atomic E-state index is 0.00730. The number of carbonyl (C=O) groups excluding carboxylic acids is 4. The summed E-state index contributed by atoms with van der Waals surface area (Å²) in [6.45, 7) is 7.00. The van der Waals surface area contributed by atoms with Crippen LogP contribution in [0.3, 0.4) is 0 Å². The lowest BCUT2D eigenvalue weighted by Crippen LogP contribution is -2.49. The summed E-state index contributed by atoms with van der Waals surface area (Å²) in [7, 11) is 0. The number of nitrogens with zero attached hydrogens (tertiary/aromatic N) is 1. The Bertz CT molecular complexity index is 529. The molecule has 0 radical (unpaired) electrons. The predicted octanol–water partition coefficient (Wildman–Crippen LogP) is -0.305. The van der Waals surface area contributed by atoms with E-state index < -0.39 is 18.2 Å². The second-order valence-electron chi connectivity index (χ2n) is 5.27. The van der Waals surface area contributed by atoms with Crippen LogP contribution in [0.15, 0.2) is 11.6 Å². The highest BCUT2D eigenvalue weighted by molar-refractivity contribution is 6.15. The maximum atomic E-state index is 11.8. The number of carbonyl (C=O) groups is 4. The predicted molar refractivity (Wildman–Crippen MR) is 81.9 cm³/mol. The van der Waals surface area contributed by atoms with Gasteiger partial charge in [0.05, 0.1) is 6.17 Å². The molecule has 128 valence electrons. The Hall–Kier alpha value is -2.22. The summed E-state index contributed by atoms with van der Waals surface area (Å²) in [5, 5.41) is 5.17. The highest BCUT2D eigenvalue weighted by atomic mass is 16.5. The molecule has 0 fully saturated rings. The lowest BCUT2D eigenvalue weighted by Gasteiger charge is -2.19. The van der Waals surface area contributed by atoms with Crippen LogP contribution in [-0.2, 0) is 23.9 Å². The van der Waals surface area contributed by atoms with Crippen molar-refractivity contribution < 1.29 is 23.9 Å². The van der Waals surface area contributed by atoms with E-state index in [1.165, 1.54) is 6.08 Å². The van der Waals surface area contributed by atoms with Gasteiger partial charge in [-0.2, -0.15) is 0 Å². The van der Waals surface area contributed by atoms with E-state index in [2.05, 4.69) is 10.6 Å². The molecule has 2 atom stereocenters. The Labute approximate surface area is 135 Å². The lowest BCUT2D eigenvalue weighted by atomic mass is 10.3. The molecule has 2 unspecified atom stereocenters. The van der Waals surface area contributed by atoms with Gasteiger partial charge in [-0.25, -0.2) is 0 Å². The molecule has 1 rings (SSSR count). The molecule has 0 aliphatic carbocycles. The van der Waals surface area contributed by atoms with E-state index in [1.807, 2.05) is 0 Å². The van der Waals surface area contributed by atoms with E-state index in [4.69, 9.17) is 4.74 Å². The van der Waals surface area contributed by atoms with Crippen molar-refractivity contribution in [1.29, 1.82) is 0 Å². The first-order valence-electron chi connectivity index (χ1n) is 7.51. The van der Waals surface area contributed by atoms with Gasteiger partial charge in [-0.3, -0.25) is 24.1 Å². The Kier molecular flexibility index (Phi) is 6.89. The summed E-state index contributed by atoms with van der Waals surface area (Å²) < 4.78 is 5.15. The molecule has 0 aromatic rings. The van der Waals surface area contributed by atoms with Gasteiger partial charge in [-0.1, -0.05) is 0 Å². The van der Waals surface area contributed by atoms with E-state index in [1.54, 1.807) is 27.7 Å². The first-order valence-corrected chi connectivity index (χ1v) is 7.51. The molecule has 1 aliphatic rings. The van der Waals surface area contributed by atoms with E-state index in [0.29, 0.717) is 12.2 Å². The number of ether oxygens (including phenoxy) is 1. The highest BCUT2D eigenvalue weighted by Crippen LogP contribution is 2.11. The first-order chi connectivity index (χ1) is 10.8. The monoisotopic (exact) mass is 325 g/mol. The van der Waals surface area contributed by atoms with Gasteiger partial charge in [0.15, 0.2) is 0 Å². The molecule has 23 heavy (non-hydrogen) atoms. The summed E-state index contributed by atoms with van der Waals surface area (Å²) >= 11 is 0. The molecule has 0 aromatic carbocycles. The third-order valence-electron chi connectivity index (χ3n) is 3.27. The van der Waals surface area contributed by atoms with E-state index in [0.717, 1.165) is 4.90 Å². The number of amides is 4. The molecule has 0 spiro atoms. The van der Waals surface area contributed by atoms with E-state index in [9.17, 15) is 19.2 Å². The van der Waals surface area contributed by atoms with Crippen molar-refractivity contribution in [3.05, 3.63) is 11.6 Å². The Morgan fingerprint density at radius 2 is 1.91 bits per heavy atom. The molecule has 0 saturated heterocycles. The zero-order valence-corrected chi connectivity index (χ0v) is 13.8. The molecule has 0 saturated carbocycles. The van der Waals surface area contributed by atoms with Crippen molar-refractivity contribution >= 4 is 23.6 Å². The fraction of sp³-hybridized carbons (Fsp3) is 0.600. The van der Waals surface area contributed by atoms with Crippen molar-refractivity contribution in [3.63, 3.8) is 0 Å². The summed E-state index contributed by atoms with van der Waals surface area (Å²) in [5.41, 5.74) is 0.362. The van der Waals surface area contributed by atoms with Crippen LogP contribution in [0.5, 0.6) is 0 Å². The van der Waals surface area contributed by atoms with Gasteiger partial charge in [0.1, 0.15) is 6.10 Å². The maximum Gasteiger partial charge on any atom is 0.256 e. The minimum Gasteiger partial charge on any atom is -0.369 e. The second kappa shape index (κ2) is 8.42. The lowest BCUT2D eigenvalue weighted by molar-refractivity contribution is -0.137. The van der Waals surface area contributed by atoms with Crippen molar-refractivity contribution in [2.75, 3.05) is 13.2 Å². The topological polar surface area (TPSA) is 105 Å². The molecular weight excluding hydrogens is 302 g/mol. The molecule has 2 N–H and O–H groups in total. The van der Waals surface area contributed by atoms with Crippen LogP contribution in [0.4, 0.5) is 0 Å². The van der Waals surface area contributed by atoms with Gasteiger partial charge in [-0.15, -0.1) is 0 Å². The van der Waals surface area contributed by atoms with Crippen molar-refractivity contribution in [2.45, 2.75) is 46.4 Å². The third-order valence-corrected chi connectivity index (χ3v) is 3.27. The quantitative estimate of drug-likeness (QED) is 0.471. The largest absolute Gasteiger partial charge is 0.369 e. The number of rotatable bonds is 8. The fourth-order valence-corrected chi connectivity index (χ4v) is 2.07. The average Bonchev–Trinajstić information content (AvgIpc) is 2.70. The fourth-order valence-electron chi connectivity index (χ4n) is 2.07. The van der Waals surface area contributed by atoms with Crippen LogP contribution in [-0.4, -0.2) is 54.0 Å². The number of nitrogens with one attached hydrogen (secondary N) is 2. The zero-order valence-electron chi connectivity index (χ0n) is 13.8. The smallest absolute Gasteiger partial charge is 0.256 e. The Morgan fingerprint density at radius 1 is 1.26 bits per heavy atom. The van der Waals surface area contributed by atoms with Crippen LogP contribution >= 0.6 is 0 Å². The number of hydrogen-bond donors (Lipinski definition) is 2. The highest BCUT2D eigenvalue weighted by Gasteiger charge is 2.28. The Morgan fingerprint density at radius 3 is 2.43 bits per heavy atom. The van der Waals surface area contributed by atoms with Crippen LogP contribution < -0.4 is 10.6 Å². The van der Waals surface area contributed by atoms with Crippen LogP contribution in [0.2, 0.25) is 0 Å². The maximum absolute atomic E-state index is 11.8. The van der Waals surface area contributed by atoms with Crippen molar-refractivity contribution in [3.8, 4) is 0 Å². The average molecular weight is 325 g/mol. The molecule has 1 heterocycles. The summed E-state index contributed by atoms with van der Waals surface area (Å²) in [6, 6.07) is 0. The van der Waals surface area contributed by atoms with E-state index in [-0.39, 0.29) is 30.7 Å². The van der Waals surface area contributed by atoms with Gasteiger partial charge in [0.25, 0.3) is 11.8 Å². The van der Waals surface area contributed by atoms with Gasteiger partial charge < -0.3 is 15.4 Å². The van der Waals surface area contributed by atoms with Crippen LogP contribution in [0.1, 0.15) is 34.1 Å². The number of imide groups is 1. The summed E-state index contributed by atoms with van der Waals surface area (Å²) in [6.07, 6.45) is 0.0360. The Balaban J connectivity index is 2.35. The van der Waals surface area contributed by atoms with Gasteiger partial charge >= 0.3 is 0 Å². The molecule has 8 nitrogen and oxygen atoms in total. The van der Waals surface area contributed by atoms with Crippen LogP contribution in [0, 0.1) is 0 Å². The summed E-state index contributed by atoms with van der Waals surface area (Å²) in [5.74, 6) is -1.49.